The Morgan fingerprint density at radius 3 is 2.27 bits per heavy atom. The summed E-state index contributed by atoms with van der Waals surface area (Å²) in [4.78, 5) is 49.3. The molecule has 234 valence electrons. The lowest BCUT2D eigenvalue weighted by Crippen LogP contribution is -2.57. The molecule has 8 nitrogen and oxygen atoms in total. The van der Waals surface area contributed by atoms with Gasteiger partial charge in [-0.3, -0.25) is 14.4 Å². The van der Waals surface area contributed by atoms with Crippen LogP contribution in [0, 0.1) is 11.8 Å². The fraction of sp³-hybridized carbons (Fsp3) is 0.472. The minimum absolute atomic E-state index is 0.208. The van der Waals surface area contributed by atoms with Crippen molar-refractivity contribution in [3.05, 3.63) is 91.5 Å². The fourth-order valence-corrected chi connectivity index (χ4v) is 7.87. The van der Waals surface area contributed by atoms with Gasteiger partial charge in [0.15, 0.2) is 0 Å². The first-order chi connectivity index (χ1) is 21.3. The van der Waals surface area contributed by atoms with Gasteiger partial charge in [-0.15, -0.1) is 13.2 Å². The van der Waals surface area contributed by atoms with E-state index in [1.54, 1.807) is 26.9 Å². The second-order valence-electron chi connectivity index (χ2n) is 12.2. The molecule has 3 aliphatic rings. The number of fused-ring (bicyclic) bond motifs is 1. The smallest absolute Gasteiger partial charge is 0.248 e. The second kappa shape index (κ2) is 13.1. The summed E-state index contributed by atoms with van der Waals surface area (Å²) in [6, 6.07) is 16.9. The lowest BCUT2D eigenvalue weighted by molar-refractivity contribution is -0.156. The largest absolute Gasteiger partial charge is 0.394 e. The Kier molecular flexibility index (Phi) is 9.42. The number of likely N-dealkylation sites (tertiary alicyclic amines) is 1. The van der Waals surface area contributed by atoms with Crippen LogP contribution in [0.15, 0.2) is 86.0 Å². The number of ether oxygens (including phenoxy) is 1. The molecule has 5 rings (SSSR count). The van der Waals surface area contributed by atoms with E-state index in [2.05, 4.69) is 20.1 Å². The highest BCUT2D eigenvalue weighted by Gasteiger charge is 2.79. The summed E-state index contributed by atoms with van der Waals surface area (Å²) in [5.41, 5.74) is -0.648. The van der Waals surface area contributed by atoms with E-state index in [0.29, 0.717) is 38.0 Å². The Hall–Kier alpha value is -3.75. The van der Waals surface area contributed by atoms with Gasteiger partial charge in [-0.05, 0) is 43.4 Å². The summed E-state index contributed by atoms with van der Waals surface area (Å²) in [5.74, 6) is -2.42. The number of unbranched alkanes of at least 4 members (excludes halogenated alkanes) is 1. The van der Waals surface area contributed by atoms with Crippen molar-refractivity contribution in [2.45, 2.75) is 69.2 Å². The zero-order valence-electron chi connectivity index (χ0n) is 25.9. The number of rotatable bonds is 14. The van der Waals surface area contributed by atoms with Gasteiger partial charge in [-0.25, -0.2) is 0 Å². The molecular formula is C36H45N3O5. The van der Waals surface area contributed by atoms with Gasteiger partial charge in [0.2, 0.25) is 17.7 Å². The summed E-state index contributed by atoms with van der Waals surface area (Å²) < 4.78 is 7.03. The van der Waals surface area contributed by atoms with Crippen LogP contribution in [0.25, 0.3) is 0 Å². The molecule has 1 spiro atoms. The van der Waals surface area contributed by atoms with Crippen molar-refractivity contribution in [3.63, 3.8) is 0 Å². The van der Waals surface area contributed by atoms with Gasteiger partial charge in [0.25, 0.3) is 0 Å². The van der Waals surface area contributed by atoms with Crippen molar-refractivity contribution in [1.29, 1.82) is 0 Å². The molecule has 2 aromatic carbocycles. The molecule has 3 saturated heterocycles. The van der Waals surface area contributed by atoms with Crippen LogP contribution >= 0.6 is 0 Å². The third-order valence-corrected chi connectivity index (χ3v) is 9.90. The number of hydrogen-bond donors (Lipinski definition) is 1. The molecule has 0 radical (unpaired) electrons. The molecule has 2 aromatic rings. The van der Waals surface area contributed by atoms with Crippen LogP contribution in [0.4, 0.5) is 5.69 Å². The fourth-order valence-electron chi connectivity index (χ4n) is 7.87. The van der Waals surface area contributed by atoms with Crippen LogP contribution in [0.3, 0.4) is 0 Å². The van der Waals surface area contributed by atoms with E-state index >= 15 is 0 Å². The molecule has 0 saturated carbocycles. The highest BCUT2D eigenvalue weighted by atomic mass is 16.5. The van der Waals surface area contributed by atoms with Crippen molar-refractivity contribution in [2.75, 3.05) is 31.1 Å². The molecule has 8 heteroatoms. The molecule has 6 atom stereocenters. The molecular weight excluding hydrogens is 554 g/mol. The zero-order valence-corrected chi connectivity index (χ0v) is 25.9. The quantitative estimate of drug-likeness (QED) is 0.312. The van der Waals surface area contributed by atoms with Gasteiger partial charge in [0, 0.05) is 25.3 Å². The molecule has 2 unspecified atom stereocenters. The van der Waals surface area contributed by atoms with Crippen LogP contribution in [-0.2, 0) is 19.1 Å². The zero-order chi connectivity index (χ0) is 31.5. The number of benzene rings is 2. The highest BCUT2D eigenvalue weighted by Crippen LogP contribution is 2.65. The van der Waals surface area contributed by atoms with Crippen molar-refractivity contribution in [2.24, 2.45) is 11.8 Å². The Balaban J connectivity index is 1.66. The lowest BCUT2D eigenvalue weighted by Gasteiger charge is -2.39. The van der Waals surface area contributed by atoms with E-state index in [4.69, 9.17) is 4.74 Å². The Bertz CT molecular complexity index is 1370. The number of amides is 3. The van der Waals surface area contributed by atoms with Gasteiger partial charge in [0.1, 0.15) is 11.6 Å². The summed E-state index contributed by atoms with van der Waals surface area (Å²) in [5, 5.41) is 10.8. The van der Waals surface area contributed by atoms with Crippen molar-refractivity contribution in [1.82, 2.24) is 9.80 Å². The van der Waals surface area contributed by atoms with E-state index in [1.165, 1.54) is 0 Å². The average Bonchev–Trinajstić information content (AvgIpc) is 3.66. The average molecular weight is 600 g/mol. The maximum absolute atomic E-state index is 14.9. The first-order valence-electron chi connectivity index (χ1n) is 15.9. The third kappa shape index (κ3) is 5.08. The first kappa shape index (κ1) is 31.7. The predicted octanol–water partition coefficient (Wildman–Crippen LogP) is 4.91. The Morgan fingerprint density at radius 2 is 1.68 bits per heavy atom. The van der Waals surface area contributed by atoms with Gasteiger partial charge in [-0.1, -0.05) is 81.0 Å². The number of aliphatic hydroxyl groups excluding tert-OH is 1. The number of carbonyl (C=O) groups excluding carboxylic acids is 3. The molecule has 44 heavy (non-hydrogen) atoms. The highest BCUT2D eigenvalue weighted by molar-refractivity contribution is 6.03. The van der Waals surface area contributed by atoms with E-state index in [-0.39, 0.29) is 30.9 Å². The van der Waals surface area contributed by atoms with Crippen LogP contribution in [0.1, 0.15) is 57.6 Å². The van der Waals surface area contributed by atoms with E-state index in [9.17, 15) is 19.5 Å². The summed E-state index contributed by atoms with van der Waals surface area (Å²) in [7, 11) is 0. The van der Waals surface area contributed by atoms with Crippen LogP contribution in [0.2, 0.25) is 0 Å². The minimum Gasteiger partial charge on any atom is -0.394 e. The van der Waals surface area contributed by atoms with Crippen molar-refractivity contribution in [3.8, 4) is 0 Å². The van der Waals surface area contributed by atoms with Crippen LogP contribution in [-0.4, -0.2) is 76.1 Å². The number of aliphatic hydroxyl groups is 1. The SMILES string of the molecule is C=CCN(CCCC)C(=O)C1N([C@H](CO)c2ccccc2)C(=O)[C@@H]2[C@@H](C(=O)N(CC=C)c3ccccc3)[C@@]3(CC)CCC12O3. The van der Waals surface area contributed by atoms with Gasteiger partial charge in [0.05, 0.1) is 30.1 Å². The summed E-state index contributed by atoms with van der Waals surface area (Å²) in [6.45, 7) is 12.6. The van der Waals surface area contributed by atoms with E-state index in [1.807, 2.05) is 67.6 Å². The van der Waals surface area contributed by atoms with Crippen LogP contribution < -0.4 is 4.90 Å². The molecule has 2 bridgehead atoms. The predicted molar refractivity (Wildman–Crippen MR) is 171 cm³/mol. The normalized spacial score (nSPS) is 27.6. The van der Waals surface area contributed by atoms with Gasteiger partial charge in [-0.2, -0.15) is 0 Å². The second-order valence-corrected chi connectivity index (χ2v) is 12.2. The summed E-state index contributed by atoms with van der Waals surface area (Å²) >= 11 is 0. The molecule has 1 N–H and O–H groups in total. The number of para-hydroxylation sites is 1. The third-order valence-electron chi connectivity index (χ3n) is 9.90. The topological polar surface area (TPSA) is 90.4 Å². The maximum atomic E-state index is 14.9. The standard InChI is InChI=1S/C36H45N3O5/c1-5-9-24-37(22-6-2)34(43)31-36-21-20-35(8-4,44-36)29(32(41)38(23-7-3)27-18-14-11-15-19-27)30(36)33(42)39(31)28(25-40)26-16-12-10-13-17-26/h6-7,10-19,28-31,40H,2-3,5,8-9,20-25H2,1,4H3/t28-,29+,30+,31?,35-,36?/m1/s1. The van der Waals surface area contributed by atoms with Crippen molar-refractivity contribution >= 4 is 23.4 Å². The molecule has 0 aromatic heterocycles. The maximum Gasteiger partial charge on any atom is 0.248 e. The number of anilines is 1. The molecule has 3 amide bonds. The number of hydrogen-bond acceptors (Lipinski definition) is 5. The van der Waals surface area contributed by atoms with E-state index in [0.717, 1.165) is 18.4 Å². The Labute approximate surface area is 261 Å². The molecule has 3 aliphatic heterocycles. The van der Waals surface area contributed by atoms with Gasteiger partial charge >= 0.3 is 0 Å². The molecule has 3 heterocycles. The van der Waals surface area contributed by atoms with Gasteiger partial charge < -0.3 is 24.5 Å². The van der Waals surface area contributed by atoms with Crippen molar-refractivity contribution < 1.29 is 24.2 Å². The lowest BCUT2D eigenvalue weighted by atomic mass is 9.64. The minimum atomic E-state index is -1.20. The van der Waals surface area contributed by atoms with Crippen LogP contribution in [0.5, 0.6) is 0 Å². The Morgan fingerprint density at radius 1 is 1.02 bits per heavy atom. The molecule has 0 aliphatic carbocycles. The first-order valence-corrected chi connectivity index (χ1v) is 15.9. The molecule has 3 fully saturated rings. The monoisotopic (exact) mass is 599 g/mol. The van der Waals surface area contributed by atoms with E-state index < -0.39 is 35.1 Å². The number of carbonyl (C=O) groups is 3. The summed E-state index contributed by atoms with van der Waals surface area (Å²) in [6.07, 6.45) is 6.64. The number of nitrogens with zero attached hydrogens (tertiary/aromatic N) is 3.